The van der Waals surface area contributed by atoms with E-state index in [1.165, 1.54) is 12.1 Å². The van der Waals surface area contributed by atoms with E-state index in [1.807, 2.05) is 4.90 Å². The Morgan fingerprint density at radius 2 is 2.00 bits per heavy atom. The molecule has 0 radical (unpaired) electrons. The number of hydrogen-bond donors (Lipinski definition) is 0. The molecule has 0 N–H and O–H groups in total. The van der Waals surface area contributed by atoms with Crippen LogP contribution in [0.4, 0.5) is 4.39 Å². The number of ether oxygens (including phenoxy) is 1. The fraction of sp³-hybridized carbons (Fsp3) is 0.632. The maximum atomic E-state index is 13.0. The molecule has 3 aliphatic rings. The molecule has 1 aromatic heterocycles. The van der Waals surface area contributed by atoms with Crippen LogP contribution in [0.25, 0.3) is 0 Å². The molecule has 2 amide bonds. The summed E-state index contributed by atoms with van der Waals surface area (Å²) in [6, 6.07) is 2.83. The predicted molar refractivity (Wildman–Crippen MR) is 91.6 cm³/mol. The molecule has 3 atom stereocenters. The van der Waals surface area contributed by atoms with Gasteiger partial charge in [0.15, 0.2) is 0 Å². The van der Waals surface area contributed by atoms with Gasteiger partial charge in [0.05, 0.1) is 24.6 Å². The summed E-state index contributed by atoms with van der Waals surface area (Å²) in [6.45, 7) is 3.26. The van der Waals surface area contributed by atoms with Crippen molar-refractivity contribution in [1.82, 2.24) is 14.8 Å². The first-order valence-electron chi connectivity index (χ1n) is 9.40. The molecule has 6 nitrogen and oxygen atoms in total. The summed E-state index contributed by atoms with van der Waals surface area (Å²) in [6.07, 6.45) is 4.17. The van der Waals surface area contributed by atoms with Gasteiger partial charge in [-0.25, -0.2) is 4.39 Å². The summed E-state index contributed by atoms with van der Waals surface area (Å²) < 4.78 is 18.8. The average molecular weight is 361 g/mol. The number of nitrogens with zero attached hydrogens (tertiary/aromatic N) is 3. The van der Waals surface area contributed by atoms with Gasteiger partial charge in [0, 0.05) is 44.4 Å². The average Bonchev–Trinajstić information content (AvgIpc) is 3.33. The first-order chi connectivity index (χ1) is 12.6. The molecule has 3 saturated heterocycles. The Morgan fingerprint density at radius 3 is 2.73 bits per heavy atom. The van der Waals surface area contributed by atoms with Crippen LogP contribution in [-0.2, 0) is 20.7 Å². The van der Waals surface area contributed by atoms with Gasteiger partial charge in [-0.3, -0.25) is 14.6 Å². The molecule has 0 saturated carbocycles. The Kier molecular flexibility index (Phi) is 4.89. The van der Waals surface area contributed by atoms with E-state index in [0.29, 0.717) is 25.4 Å². The number of fused-ring (bicyclic) bond motifs is 1. The zero-order valence-corrected chi connectivity index (χ0v) is 14.8. The van der Waals surface area contributed by atoms with E-state index < -0.39 is 5.82 Å². The Balaban J connectivity index is 1.47. The van der Waals surface area contributed by atoms with Crippen LogP contribution in [0.5, 0.6) is 0 Å². The minimum Gasteiger partial charge on any atom is -0.376 e. The molecule has 140 valence electrons. The lowest BCUT2D eigenvalue weighted by Crippen LogP contribution is -2.55. The summed E-state index contributed by atoms with van der Waals surface area (Å²) in [5, 5.41) is 0. The van der Waals surface area contributed by atoms with E-state index in [4.69, 9.17) is 4.74 Å². The van der Waals surface area contributed by atoms with Crippen LogP contribution in [0.2, 0.25) is 0 Å². The zero-order valence-electron chi connectivity index (χ0n) is 14.8. The molecule has 7 heteroatoms. The van der Waals surface area contributed by atoms with Crippen molar-refractivity contribution < 1.29 is 18.7 Å². The molecular formula is C19H24FN3O3. The fourth-order valence-corrected chi connectivity index (χ4v) is 4.39. The standard InChI is InChI=1S/C19H24FN3O3/c20-13-3-4-14(21-10-13)9-18(24)23-11-16(15-5-8-26-17(15)12-23)19(25)22-6-1-2-7-22/h3-4,10,15-17H,1-2,5-9,11-12H2/t15-,16+,17+/m0/s1. The van der Waals surface area contributed by atoms with Crippen LogP contribution in [-0.4, -0.2) is 65.5 Å². The van der Waals surface area contributed by atoms with Gasteiger partial charge in [-0.15, -0.1) is 0 Å². The van der Waals surface area contributed by atoms with Gasteiger partial charge in [0.25, 0.3) is 0 Å². The quantitative estimate of drug-likeness (QED) is 0.813. The molecule has 3 aliphatic heterocycles. The molecule has 4 rings (SSSR count). The van der Waals surface area contributed by atoms with Crippen molar-refractivity contribution in [2.75, 3.05) is 32.8 Å². The van der Waals surface area contributed by atoms with Crippen LogP contribution < -0.4 is 0 Å². The van der Waals surface area contributed by atoms with Crippen LogP contribution in [0.1, 0.15) is 25.0 Å². The second-order valence-corrected chi connectivity index (χ2v) is 7.44. The van der Waals surface area contributed by atoms with E-state index in [-0.39, 0.29) is 36.2 Å². The van der Waals surface area contributed by atoms with Crippen molar-refractivity contribution in [2.45, 2.75) is 31.8 Å². The van der Waals surface area contributed by atoms with Crippen LogP contribution >= 0.6 is 0 Å². The molecule has 26 heavy (non-hydrogen) atoms. The first kappa shape index (κ1) is 17.4. The van der Waals surface area contributed by atoms with Crippen molar-refractivity contribution in [3.63, 3.8) is 0 Å². The molecule has 4 heterocycles. The highest BCUT2D eigenvalue weighted by atomic mass is 19.1. The number of carbonyl (C=O) groups excluding carboxylic acids is 2. The summed E-state index contributed by atoms with van der Waals surface area (Å²) in [4.78, 5) is 33.4. The maximum Gasteiger partial charge on any atom is 0.228 e. The van der Waals surface area contributed by atoms with Gasteiger partial charge in [-0.1, -0.05) is 0 Å². The predicted octanol–water partition coefficient (Wildman–Crippen LogP) is 1.25. The smallest absolute Gasteiger partial charge is 0.228 e. The van der Waals surface area contributed by atoms with E-state index in [1.54, 1.807) is 4.90 Å². The molecular weight excluding hydrogens is 337 g/mol. The number of likely N-dealkylation sites (tertiary alicyclic amines) is 2. The number of amides is 2. The number of carbonyl (C=O) groups is 2. The number of halogens is 1. The van der Waals surface area contributed by atoms with Crippen molar-refractivity contribution in [3.05, 3.63) is 29.8 Å². The number of rotatable bonds is 3. The molecule has 1 aromatic rings. The topological polar surface area (TPSA) is 62.7 Å². The summed E-state index contributed by atoms with van der Waals surface area (Å²) in [5.41, 5.74) is 0.535. The van der Waals surface area contributed by atoms with E-state index in [2.05, 4.69) is 4.98 Å². The minimum absolute atomic E-state index is 0.0644. The molecule has 0 unspecified atom stereocenters. The second-order valence-electron chi connectivity index (χ2n) is 7.44. The molecule has 0 aromatic carbocycles. The maximum absolute atomic E-state index is 13.0. The van der Waals surface area contributed by atoms with Crippen LogP contribution in [0.15, 0.2) is 18.3 Å². The third-order valence-corrected chi connectivity index (χ3v) is 5.80. The first-order valence-corrected chi connectivity index (χ1v) is 9.40. The Hall–Kier alpha value is -2.02. The Morgan fingerprint density at radius 1 is 1.19 bits per heavy atom. The second kappa shape index (κ2) is 7.31. The van der Waals surface area contributed by atoms with E-state index in [9.17, 15) is 14.0 Å². The van der Waals surface area contributed by atoms with Gasteiger partial charge in [0.1, 0.15) is 5.82 Å². The molecule has 0 bridgehead atoms. The summed E-state index contributed by atoms with van der Waals surface area (Å²) in [5.74, 6) is -0.314. The Bertz CT molecular complexity index is 675. The zero-order chi connectivity index (χ0) is 18.1. The summed E-state index contributed by atoms with van der Waals surface area (Å²) in [7, 11) is 0. The van der Waals surface area contributed by atoms with Gasteiger partial charge in [0.2, 0.25) is 11.8 Å². The summed E-state index contributed by atoms with van der Waals surface area (Å²) >= 11 is 0. The lowest BCUT2D eigenvalue weighted by atomic mass is 9.81. The number of piperidine rings is 1. The monoisotopic (exact) mass is 361 g/mol. The highest BCUT2D eigenvalue weighted by Crippen LogP contribution is 2.35. The van der Waals surface area contributed by atoms with Crippen molar-refractivity contribution in [1.29, 1.82) is 0 Å². The van der Waals surface area contributed by atoms with Gasteiger partial charge in [-0.05, 0) is 31.4 Å². The third kappa shape index (κ3) is 3.45. The van der Waals surface area contributed by atoms with Crippen molar-refractivity contribution >= 4 is 11.8 Å². The lowest BCUT2D eigenvalue weighted by molar-refractivity contribution is -0.146. The van der Waals surface area contributed by atoms with E-state index >= 15 is 0 Å². The van der Waals surface area contributed by atoms with E-state index in [0.717, 1.165) is 38.5 Å². The van der Waals surface area contributed by atoms with Gasteiger partial charge in [-0.2, -0.15) is 0 Å². The normalized spacial score (nSPS) is 28.3. The molecule has 0 aliphatic carbocycles. The largest absolute Gasteiger partial charge is 0.376 e. The van der Waals surface area contributed by atoms with Gasteiger partial charge < -0.3 is 14.5 Å². The highest BCUT2D eigenvalue weighted by molar-refractivity contribution is 5.83. The number of hydrogen-bond acceptors (Lipinski definition) is 4. The van der Waals surface area contributed by atoms with Crippen molar-refractivity contribution in [2.24, 2.45) is 11.8 Å². The third-order valence-electron chi connectivity index (χ3n) is 5.80. The van der Waals surface area contributed by atoms with Crippen molar-refractivity contribution in [3.8, 4) is 0 Å². The highest BCUT2D eigenvalue weighted by Gasteiger charge is 2.46. The minimum atomic E-state index is -0.419. The number of pyridine rings is 1. The Labute approximate surface area is 152 Å². The number of aromatic nitrogens is 1. The van der Waals surface area contributed by atoms with Crippen LogP contribution in [0, 0.1) is 17.7 Å². The van der Waals surface area contributed by atoms with Crippen LogP contribution in [0.3, 0.4) is 0 Å². The fourth-order valence-electron chi connectivity index (χ4n) is 4.39. The SMILES string of the molecule is O=C(Cc1ccc(F)cn1)N1C[C@H]2OCC[C@H]2[C@H](C(=O)N2CCCC2)C1. The molecule has 0 spiro atoms. The lowest BCUT2D eigenvalue weighted by Gasteiger charge is -2.40. The van der Waals surface area contributed by atoms with Gasteiger partial charge >= 0.3 is 0 Å². The molecule has 3 fully saturated rings.